The third-order valence-corrected chi connectivity index (χ3v) is 3.13. The molecule has 6 heteroatoms. The number of carbonyl (C=O) groups is 3. The van der Waals surface area contributed by atoms with Crippen LogP contribution in [0.4, 0.5) is 0 Å². The molecule has 0 radical (unpaired) electrons. The lowest BCUT2D eigenvalue weighted by Crippen LogP contribution is -2.37. The molecule has 3 N–H and O–H groups in total. The van der Waals surface area contributed by atoms with Gasteiger partial charge in [-0.25, -0.2) is 0 Å². The zero-order valence-corrected chi connectivity index (χ0v) is 10.4. The van der Waals surface area contributed by atoms with Gasteiger partial charge in [-0.3, -0.25) is 9.59 Å². The molecular formula is C12H20N2O4. The fourth-order valence-corrected chi connectivity index (χ4v) is 2.30. The van der Waals surface area contributed by atoms with Gasteiger partial charge in [-0.2, -0.15) is 0 Å². The maximum absolute atomic E-state index is 11.9. The van der Waals surface area contributed by atoms with Gasteiger partial charge in [0.25, 0.3) is 0 Å². The molecule has 18 heavy (non-hydrogen) atoms. The molecule has 0 aromatic heterocycles. The molecular weight excluding hydrogens is 236 g/mol. The Labute approximate surface area is 106 Å². The topological polar surface area (TPSA) is 98.5 Å². The van der Waals surface area contributed by atoms with Crippen molar-refractivity contribution in [3.8, 4) is 0 Å². The highest BCUT2D eigenvalue weighted by molar-refractivity contribution is 5.90. The molecule has 1 amide bonds. The largest absolute Gasteiger partial charge is 0.372 e. The highest BCUT2D eigenvalue weighted by Crippen LogP contribution is 2.32. The Balaban J connectivity index is 2.45. The number of ether oxygens (including phenoxy) is 1. The highest BCUT2D eigenvalue weighted by atomic mass is 16.5. The van der Waals surface area contributed by atoms with Crippen LogP contribution in [-0.4, -0.2) is 44.3 Å². The van der Waals surface area contributed by atoms with E-state index < -0.39 is 0 Å². The summed E-state index contributed by atoms with van der Waals surface area (Å²) in [7, 11) is 0. The molecule has 0 aromatic rings. The summed E-state index contributed by atoms with van der Waals surface area (Å²) in [6, 6.07) is 0. The van der Waals surface area contributed by atoms with E-state index in [2.05, 4.69) is 5.32 Å². The summed E-state index contributed by atoms with van der Waals surface area (Å²) < 4.78 is 5.10. The molecule has 0 saturated heterocycles. The van der Waals surface area contributed by atoms with E-state index in [1.165, 1.54) is 0 Å². The third kappa shape index (κ3) is 4.19. The molecule has 6 nitrogen and oxygen atoms in total. The number of Topliss-reactive ketones (excluding diaryl/α,β-unsaturated/α-hetero) is 1. The molecule has 1 fully saturated rings. The van der Waals surface area contributed by atoms with Crippen LogP contribution in [-0.2, 0) is 19.1 Å². The van der Waals surface area contributed by atoms with E-state index >= 15 is 0 Å². The summed E-state index contributed by atoms with van der Waals surface area (Å²) in [5.74, 6) is -0.864. The second-order valence-corrected chi connectivity index (χ2v) is 4.36. The van der Waals surface area contributed by atoms with Gasteiger partial charge in [-0.05, 0) is 12.8 Å². The van der Waals surface area contributed by atoms with Gasteiger partial charge in [0.2, 0.25) is 5.91 Å². The van der Waals surface area contributed by atoms with E-state index in [1.807, 2.05) is 0 Å². The number of aldehydes is 1. The monoisotopic (exact) mass is 256 g/mol. The van der Waals surface area contributed by atoms with E-state index in [1.54, 1.807) is 0 Å². The van der Waals surface area contributed by atoms with E-state index in [4.69, 9.17) is 10.5 Å². The van der Waals surface area contributed by atoms with Crippen molar-refractivity contribution >= 4 is 18.0 Å². The lowest BCUT2D eigenvalue weighted by molar-refractivity contribution is -0.135. The Bertz CT molecular complexity index is 306. The quantitative estimate of drug-likeness (QED) is 0.440. The first-order valence-electron chi connectivity index (χ1n) is 6.22. The van der Waals surface area contributed by atoms with Crippen molar-refractivity contribution in [2.45, 2.75) is 19.3 Å². The summed E-state index contributed by atoms with van der Waals surface area (Å²) in [4.78, 5) is 33.9. The van der Waals surface area contributed by atoms with E-state index in [0.717, 1.165) is 6.42 Å². The third-order valence-electron chi connectivity index (χ3n) is 3.13. The van der Waals surface area contributed by atoms with Gasteiger partial charge in [0.05, 0.1) is 13.2 Å². The van der Waals surface area contributed by atoms with Gasteiger partial charge in [-0.15, -0.1) is 0 Å². The average Bonchev–Trinajstić information content (AvgIpc) is 2.85. The van der Waals surface area contributed by atoms with Crippen LogP contribution in [0.25, 0.3) is 0 Å². The predicted molar refractivity (Wildman–Crippen MR) is 64.8 cm³/mol. The van der Waals surface area contributed by atoms with Crippen molar-refractivity contribution < 1.29 is 19.1 Å². The number of nitrogens with one attached hydrogen (secondary N) is 1. The minimum atomic E-state index is -0.320. The number of hydrogen-bond donors (Lipinski definition) is 2. The maximum atomic E-state index is 11.9. The number of amides is 1. The molecule has 102 valence electrons. The average molecular weight is 256 g/mol. The van der Waals surface area contributed by atoms with Gasteiger partial charge in [0.15, 0.2) is 5.78 Å². The lowest BCUT2D eigenvalue weighted by Gasteiger charge is -2.17. The van der Waals surface area contributed by atoms with Crippen LogP contribution in [0.5, 0.6) is 0 Å². The van der Waals surface area contributed by atoms with Crippen molar-refractivity contribution in [2.75, 3.05) is 26.3 Å². The van der Waals surface area contributed by atoms with Crippen LogP contribution in [0, 0.1) is 11.8 Å². The second kappa shape index (κ2) is 7.94. The smallest absolute Gasteiger partial charge is 0.224 e. The van der Waals surface area contributed by atoms with E-state index in [-0.39, 0.29) is 36.7 Å². The molecule has 1 aliphatic rings. The molecule has 1 rings (SSSR count). The summed E-state index contributed by atoms with van der Waals surface area (Å²) in [5, 5.41) is 2.51. The second-order valence-electron chi connectivity index (χ2n) is 4.36. The Morgan fingerprint density at radius 3 is 2.72 bits per heavy atom. The molecule has 0 spiro atoms. The molecule has 1 saturated carbocycles. The van der Waals surface area contributed by atoms with Gasteiger partial charge < -0.3 is 20.6 Å². The van der Waals surface area contributed by atoms with Crippen molar-refractivity contribution in [1.29, 1.82) is 0 Å². The first-order chi connectivity index (χ1) is 8.70. The maximum Gasteiger partial charge on any atom is 0.224 e. The summed E-state index contributed by atoms with van der Waals surface area (Å²) in [6.45, 7) is 0.737. The molecule has 1 unspecified atom stereocenters. The SMILES string of the molecule is NCCOCC(=O)C1CCC[C@H]1C(=O)NCC=O. The van der Waals surface area contributed by atoms with Crippen molar-refractivity contribution in [2.24, 2.45) is 17.6 Å². The molecule has 1 aliphatic carbocycles. The van der Waals surface area contributed by atoms with Crippen LogP contribution in [0.15, 0.2) is 0 Å². The van der Waals surface area contributed by atoms with Gasteiger partial charge in [-0.1, -0.05) is 6.42 Å². The zero-order chi connectivity index (χ0) is 13.4. The standard InChI is InChI=1S/C12H20N2O4/c13-4-7-18-8-11(16)9-2-1-3-10(9)12(17)14-5-6-15/h6,9-10H,1-5,7-8,13H2,(H,14,17)/t9?,10-/m1/s1. The van der Waals surface area contributed by atoms with Crippen LogP contribution >= 0.6 is 0 Å². The summed E-state index contributed by atoms with van der Waals surface area (Å²) in [6.07, 6.45) is 2.89. The minimum Gasteiger partial charge on any atom is -0.372 e. The Kier molecular flexibility index (Phi) is 6.53. The fourth-order valence-electron chi connectivity index (χ4n) is 2.30. The number of carbonyl (C=O) groups excluding carboxylic acids is 3. The molecule has 0 heterocycles. The van der Waals surface area contributed by atoms with Crippen molar-refractivity contribution in [3.05, 3.63) is 0 Å². The predicted octanol–water partition coefficient (Wildman–Crippen LogP) is -0.738. The Hall–Kier alpha value is -1.27. The lowest BCUT2D eigenvalue weighted by atomic mass is 9.91. The van der Waals surface area contributed by atoms with E-state index in [0.29, 0.717) is 32.3 Å². The van der Waals surface area contributed by atoms with Crippen molar-refractivity contribution in [3.63, 3.8) is 0 Å². The first-order valence-corrected chi connectivity index (χ1v) is 6.22. The van der Waals surface area contributed by atoms with Crippen LogP contribution in [0.2, 0.25) is 0 Å². The Morgan fingerprint density at radius 1 is 1.33 bits per heavy atom. The molecule has 0 bridgehead atoms. The van der Waals surface area contributed by atoms with Gasteiger partial charge in [0, 0.05) is 18.4 Å². The fraction of sp³-hybridized carbons (Fsp3) is 0.750. The Morgan fingerprint density at radius 2 is 2.06 bits per heavy atom. The van der Waals surface area contributed by atoms with Gasteiger partial charge in [0.1, 0.15) is 12.9 Å². The molecule has 0 aliphatic heterocycles. The molecule has 2 atom stereocenters. The van der Waals surface area contributed by atoms with Crippen LogP contribution in [0.1, 0.15) is 19.3 Å². The minimum absolute atomic E-state index is 0.0000820. The normalized spacial score (nSPS) is 22.7. The van der Waals surface area contributed by atoms with E-state index in [9.17, 15) is 14.4 Å². The first kappa shape index (κ1) is 14.8. The van der Waals surface area contributed by atoms with Crippen molar-refractivity contribution in [1.82, 2.24) is 5.32 Å². The van der Waals surface area contributed by atoms with Gasteiger partial charge >= 0.3 is 0 Å². The van der Waals surface area contributed by atoms with Crippen LogP contribution in [0.3, 0.4) is 0 Å². The summed E-state index contributed by atoms with van der Waals surface area (Å²) >= 11 is 0. The number of rotatable bonds is 8. The zero-order valence-electron chi connectivity index (χ0n) is 10.4. The number of hydrogen-bond acceptors (Lipinski definition) is 5. The summed E-state index contributed by atoms with van der Waals surface area (Å²) in [5.41, 5.74) is 5.27. The highest BCUT2D eigenvalue weighted by Gasteiger charge is 2.37. The number of nitrogens with two attached hydrogens (primary N) is 1. The molecule has 0 aromatic carbocycles. The number of ketones is 1. The van der Waals surface area contributed by atoms with Crippen LogP contribution < -0.4 is 11.1 Å².